The molecule has 1 rings (SSSR count). The average molecular weight is 440 g/mol. The Bertz CT molecular complexity index is 769. The van der Waals surface area contributed by atoms with Crippen molar-refractivity contribution in [1.29, 1.82) is 5.41 Å². The summed E-state index contributed by atoms with van der Waals surface area (Å²) in [5.41, 5.74) is 11.5. The second kappa shape index (κ2) is 12.8. The van der Waals surface area contributed by atoms with Gasteiger partial charge in [0.05, 0.1) is 18.1 Å². The number of nitrogens with two attached hydrogens (primary N) is 2. The van der Waals surface area contributed by atoms with E-state index in [0.29, 0.717) is 18.7 Å². The number of nitrogens with zero attached hydrogens (tertiary/aromatic N) is 1. The fourth-order valence-corrected chi connectivity index (χ4v) is 2.57. The van der Waals surface area contributed by atoms with Gasteiger partial charge in [-0.25, -0.2) is 9.78 Å². The summed E-state index contributed by atoms with van der Waals surface area (Å²) in [7, 11) is 0. The minimum atomic E-state index is -1.44. The van der Waals surface area contributed by atoms with Gasteiger partial charge in [-0.15, -0.1) is 0 Å². The molecule has 14 nitrogen and oxygen atoms in total. The van der Waals surface area contributed by atoms with Crippen molar-refractivity contribution in [2.75, 3.05) is 6.54 Å². The number of guanidine groups is 1. The zero-order chi connectivity index (χ0) is 23.4. The summed E-state index contributed by atoms with van der Waals surface area (Å²) >= 11 is 0. The first-order valence-electron chi connectivity index (χ1n) is 9.46. The van der Waals surface area contributed by atoms with Crippen molar-refractivity contribution in [3.05, 3.63) is 18.2 Å². The topological polar surface area (TPSA) is 249 Å². The number of H-pyrrole nitrogens is 1. The summed E-state index contributed by atoms with van der Waals surface area (Å²) < 4.78 is 0. The third kappa shape index (κ3) is 10.1. The van der Waals surface area contributed by atoms with Crippen molar-refractivity contribution >= 4 is 29.7 Å². The molecule has 0 saturated heterocycles. The summed E-state index contributed by atoms with van der Waals surface area (Å²) in [6.07, 6.45) is 2.78. The Morgan fingerprint density at radius 1 is 1.13 bits per heavy atom. The fraction of sp³-hybridized carbons (Fsp3) is 0.529. The molecule has 0 aliphatic heterocycles. The second-order valence-electron chi connectivity index (χ2n) is 6.75. The Labute approximate surface area is 177 Å². The molecule has 1 aromatic heterocycles. The normalized spacial score (nSPS) is 13.5. The maximum atomic E-state index is 12.7. The molecule has 0 fully saturated rings. The van der Waals surface area contributed by atoms with Crippen LogP contribution in [0.3, 0.4) is 0 Å². The molecule has 172 valence electrons. The number of hydrogen-bond donors (Lipinski definition) is 9. The number of carbonyl (C=O) groups excluding carboxylic acids is 2. The highest BCUT2D eigenvalue weighted by Gasteiger charge is 2.28. The van der Waals surface area contributed by atoms with Crippen molar-refractivity contribution in [1.82, 2.24) is 25.9 Å². The van der Waals surface area contributed by atoms with Crippen molar-refractivity contribution in [2.24, 2.45) is 11.5 Å². The highest BCUT2D eigenvalue weighted by atomic mass is 16.4. The molecule has 31 heavy (non-hydrogen) atoms. The Morgan fingerprint density at radius 3 is 2.35 bits per heavy atom. The molecule has 0 spiro atoms. The van der Waals surface area contributed by atoms with Gasteiger partial charge in [0.2, 0.25) is 11.8 Å². The highest BCUT2D eigenvalue weighted by Crippen LogP contribution is 2.04. The van der Waals surface area contributed by atoms with Crippen LogP contribution in [0.4, 0.5) is 0 Å². The van der Waals surface area contributed by atoms with Crippen LogP contribution in [-0.4, -0.2) is 74.6 Å². The number of carboxylic acid groups (broad SMARTS) is 2. The molecule has 2 amide bonds. The number of hydrogen-bond acceptors (Lipinski definition) is 7. The number of amides is 2. The van der Waals surface area contributed by atoms with Gasteiger partial charge < -0.3 is 42.6 Å². The van der Waals surface area contributed by atoms with Crippen LogP contribution in [0.5, 0.6) is 0 Å². The third-order valence-corrected chi connectivity index (χ3v) is 4.21. The van der Waals surface area contributed by atoms with E-state index >= 15 is 0 Å². The molecule has 14 heteroatoms. The largest absolute Gasteiger partial charge is 0.481 e. The number of imidazole rings is 1. The fourth-order valence-electron chi connectivity index (χ4n) is 2.57. The summed E-state index contributed by atoms with van der Waals surface area (Å²) in [4.78, 5) is 53.8. The summed E-state index contributed by atoms with van der Waals surface area (Å²) in [6, 6.07) is -3.57. The van der Waals surface area contributed by atoms with E-state index in [1.54, 1.807) is 0 Å². The van der Waals surface area contributed by atoms with E-state index in [-0.39, 0.29) is 25.2 Å². The van der Waals surface area contributed by atoms with Gasteiger partial charge in [-0.2, -0.15) is 0 Å². The average Bonchev–Trinajstić information content (AvgIpc) is 3.20. The smallest absolute Gasteiger partial charge is 0.326 e. The van der Waals surface area contributed by atoms with E-state index in [0.717, 1.165) is 0 Å². The maximum absolute atomic E-state index is 12.7. The van der Waals surface area contributed by atoms with Crippen LogP contribution in [-0.2, 0) is 25.6 Å². The minimum Gasteiger partial charge on any atom is -0.481 e. The van der Waals surface area contributed by atoms with E-state index in [2.05, 4.69) is 25.9 Å². The maximum Gasteiger partial charge on any atom is 0.326 e. The van der Waals surface area contributed by atoms with Crippen molar-refractivity contribution in [3.63, 3.8) is 0 Å². The molecule has 0 bridgehead atoms. The number of carbonyl (C=O) groups is 4. The zero-order valence-electron chi connectivity index (χ0n) is 16.8. The lowest BCUT2D eigenvalue weighted by atomic mass is 10.1. The van der Waals surface area contributed by atoms with E-state index in [1.165, 1.54) is 12.5 Å². The Hall–Kier alpha value is -3.68. The van der Waals surface area contributed by atoms with E-state index in [4.69, 9.17) is 22.0 Å². The standard InChI is InChI=1S/C17H28N8O6/c18-10(2-1-5-22-17(19)20)14(28)25-12(6-9-7-21-8-23-9)15(29)24-11(16(30)31)3-4-13(26)27/h7-8,10-12H,1-6,18H2,(H,21,23)(H,24,29)(H,25,28)(H,26,27)(H,30,31)(H4,19,20,22)/t10-,11-,12-/m0/s1. The van der Waals surface area contributed by atoms with Gasteiger partial charge in [0, 0.05) is 25.6 Å². The number of aromatic amines is 1. The summed E-state index contributed by atoms with van der Waals surface area (Å²) in [5, 5.41) is 32.4. The first kappa shape index (κ1) is 25.4. The minimum absolute atomic E-state index is 0.0368. The van der Waals surface area contributed by atoms with E-state index < -0.39 is 48.3 Å². The number of aromatic nitrogens is 2. The molecule has 0 aromatic carbocycles. The van der Waals surface area contributed by atoms with Crippen molar-refractivity contribution < 1.29 is 29.4 Å². The molecule has 3 atom stereocenters. The molecule has 0 unspecified atom stereocenters. The van der Waals surface area contributed by atoms with Crippen LogP contribution in [0, 0.1) is 5.41 Å². The monoisotopic (exact) mass is 440 g/mol. The van der Waals surface area contributed by atoms with Crippen molar-refractivity contribution in [3.8, 4) is 0 Å². The second-order valence-corrected chi connectivity index (χ2v) is 6.75. The molecule has 0 aliphatic carbocycles. The first-order valence-corrected chi connectivity index (χ1v) is 9.46. The molecular formula is C17H28N8O6. The SMILES string of the molecule is N=C(N)NCCC[C@H](N)C(=O)N[C@@H](Cc1c[nH]cn1)C(=O)N[C@@H](CCC(=O)O)C(=O)O. The lowest BCUT2D eigenvalue weighted by molar-refractivity contribution is -0.143. The molecule has 1 aromatic rings. The third-order valence-electron chi connectivity index (χ3n) is 4.21. The molecule has 0 aliphatic rings. The zero-order valence-corrected chi connectivity index (χ0v) is 16.8. The quantitative estimate of drug-likeness (QED) is 0.0832. The molecule has 1 heterocycles. The predicted molar refractivity (Wildman–Crippen MR) is 108 cm³/mol. The lowest BCUT2D eigenvalue weighted by Crippen LogP contribution is -2.55. The summed E-state index contributed by atoms with van der Waals surface area (Å²) in [6.45, 7) is 0.345. The number of rotatable bonds is 14. The highest BCUT2D eigenvalue weighted by molar-refractivity contribution is 5.92. The van der Waals surface area contributed by atoms with E-state index in [1.807, 2.05) is 0 Å². The number of aliphatic carboxylic acids is 2. The van der Waals surface area contributed by atoms with Gasteiger partial charge in [0.1, 0.15) is 12.1 Å². The van der Waals surface area contributed by atoms with Crippen LogP contribution < -0.4 is 27.4 Å². The van der Waals surface area contributed by atoms with E-state index in [9.17, 15) is 24.3 Å². The molecule has 11 N–H and O–H groups in total. The number of nitrogens with one attached hydrogen (secondary N) is 5. The van der Waals surface area contributed by atoms with Crippen LogP contribution in [0.2, 0.25) is 0 Å². The molecule has 0 radical (unpaired) electrons. The molecular weight excluding hydrogens is 412 g/mol. The predicted octanol–water partition coefficient (Wildman–Crippen LogP) is -2.54. The number of carboxylic acids is 2. The Kier molecular flexibility index (Phi) is 10.5. The van der Waals surface area contributed by atoms with Gasteiger partial charge in [0.25, 0.3) is 0 Å². The lowest BCUT2D eigenvalue weighted by Gasteiger charge is -2.22. The summed E-state index contributed by atoms with van der Waals surface area (Å²) in [5.74, 6) is -4.23. The van der Waals surface area contributed by atoms with Gasteiger partial charge >= 0.3 is 11.9 Å². The Morgan fingerprint density at radius 2 is 1.81 bits per heavy atom. The van der Waals surface area contributed by atoms with Crippen LogP contribution in [0.15, 0.2) is 12.5 Å². The van der Waals surface area contributed by atoms with Crippen molar-refractivity contribution in [2.45, 2.75) is 50.2 Å². The van der Waals surface area contributed by atoms with Crippen LogP contribution >= 0.6 is 0 Å². The first-order chi connectivity index (χ1) is 14.6. The van der Waals surface area contributed by atoms with Gasteiger partial charge in [-0.05, 0) is 19.3 Å². The van der Waals surface area contributed by atoms with Gasteiger partial charge in [-0.1, -0.05) is 0 Å². The van der Waals surface area contributed by atoms with Gasteiger partial charge in [0.15, 0.2) is 5.96 Å². The van der Waals surface area contributed by atoms with Gasteiger partial charge in [-0.3, -0.25) is 19.8 Å². The molecule has 0 saturated carbocycles. The Balaban J connectivity index is 2.77. The van der Waals surface area contributed by atoms with Crippen LogP contribution in [0.1, 0.15) is 31.4 Å². The van der Waals surface area contributed by atoms with Crippen LogP contribution in [0.25, 0.3) is 0 Å².